The van der Waals surface area contributed by atoms with E-state index in [4.69, 9.17) is 5.11 Å². The highest BCUT2D eigenvalue weighted by molar-refractivity contribution is 5.90. The average molecular weight is 317 g/mol. The summed E-state index contributed by atoms with van der Waals surface area (Å²) in [7, 11) is 2.11. The number of anilines is 2. The van der Waals surface area contributed by atoms with Crippen LogP contribution in [-0.2, 0) is 6.42 Å². The van der Waals surface area contributed by atoms with Crippen LogP contribution in [0, 0.1) is 5.92 Å². The van der Waals surface area contributed by atoms with Crippen molar-refractivity contribution < 1.29 is 9.90 Å². The summed E-state index contributed by atoms with van der Waals surface area (Å²) >= 11 is 0. The van der Waals surface area contributed by atoms with Gasteiger partial charge in [-0.2, -0.15) is 0 Å². The Kier molecular flexibility index (Phi) is 5.06. The molecule has 0 aromatic heterocycles. The summed E-state index contributed by atoms with van der Waals surface area (Å²) in [6.45, 7) is 1.36. The molecule has 1 aromatic rings. The van der Waals surface area contributed by atoms with Gasteiger partial charge in [-0.05, 0) is 68.2 Å². The summed E-state index contributed by atoms with van der Waals surface area (Å²) in [5.41, 5.74) is 3.44. The lowest BCUT2D eigenvalue weighted by molar-refractivity contribution is 0.176. The number of aryl methyl sites for hydroxylation is 1. The number of hydrogen-bond donors (Lipinski definition) is 3. The van der Waals surface area contributed by atoms with Gasteiger partial charge in [0.25, 0.3) is 0 Å². The van der Waals surface area contributed by atoms with Gasteiger partial charge in [0.1, 0.15) is 0 Å². The average Bonchev–Trinajstić information content (AvgIpc) is 2.55. The minimum atomic E-state index is -0.124. The standard InChI is InChI=1S/C18H27N3O2/c1-21-10-2-3-14-11-16(8-9-17(14)21)20-18(23)19-15-6-4-13(12-22)5-7-15/h8-9,11,13,15,22H,2-7,10,12H2,1H3,(H2,19,20,23). The highest BCUT2D eigenvalue weighted by Gasteiger charge is 2.22. The van der Waals surface area contributed by atoms with Crippen LogP contribution in [0.1, 0.15) is 37.7 Å². The maximum Gasteiger partial charge on any atom is 0.319 e. The van der Waals surface area contributed by atoms with E-state index in [0.29, 0.717) is 5.92 Å². The molecule has 1 heterocycles. The second-order valence-electron chi connectivity index (χ2n) is 6.87. The number of aliphatic hydroxyl groups is 1. The van der Waals surface area contributed by atoms with E-state index in [0.717, 1.165) is 50.8 Å². The predicted octanol–water partition coefficient (Wildman–Crippen LogP) is 2.74. The van der Waals surface area contributed by atoms with E-state index in [1.54, 1.807) is 0 Å². The summed E-state index contributed by atoms with van der Waals surface area (Å²) in [4.78, 5) is 14.4. The molecule has 3 rings (SSSR count). The molecule has 0 saturated heterocycles. The number of benzene rings is 1. The zero-order chi connectivity index (χ0) is 16.2. The topological polar surface area (TPSA) is 64.6 Å². The van der Waals surface area contributed by atoms with E-state index in [9.17, 15) is 4.79 Å². The van der Waals surface area contributed by atoms with Crippen LogP contribution in [0.25, 0.3) is 0 Å². The summed E-state index contributed by atoms with van der Waals surface area (Å²) in [6.07, 6.45) is 6.12. The van der Waals surface area contributed by atoms with E-state index in [-0.39, 0.29) is 18.7 Å². The van der Waals surface area contributed by atoms with Crippen LogP contribution in [0.15, 0.2) is 18.2 Å². The zero-order valence-electron chi connectivity index (χ0n) is 13.8. The van der Waals surface area contributed by atoms with Gasteiger partial charge in [0.05, 0.1) is 0 Å². The van der Waals surface area contributed by atoms with E-state index < -0.39 is 0 Å². The van der Waals surface area contributed by atoms with Gasteiger partial charge in [0.15, 0.2) is 0 Å². The second-order valence-corrected chi connectivity index (χ2v) is 6.87. The molecule has 0 atom stereocenters. The van der Waals surface area contributed by atoms with Gasteiger partial charge in [-0.1, -0.05) is 0 Å². The van der Waals surface area contributed by atoms with Crippen molar-refractivity contribution in [1.29, 1.82) is 0 Å². The van der Waals surface area contributed by atoms with Gasteiger partial charge in [-0.3, -0.25) is 0 Å². The lowest BCUT2D eigenvalue weighted by Crippen LogP contribution is -2.40. The molecule has 3 N–H and O–H groups in total. The molecular formula is C18H27N3O2. The Hall–Kier alpha value is -1.75. The molecular weight excluding hydrogens is 290 g/mol. The number of rotatable bonds is 3. The monoisotopic (exact) mass is 317 g/mol. The van der Waals surface area contributed by atoms with Crippen molar-refractivity contribution >= 4 is 17.4 Å². The van der Waals surface area contributed by atoms with Crippen LogP contribution in [0.5, 0.6) is 0 Å². The lowest BCUT2D eigenvalue weighted by Gasteiger charge is -2.29. The molecule has 0 bridgehead atoms. The zero-order valence-corrected chi connectivity index (χ0v) is 13.8. The van der Waals surface area contributed by atoms with Crippen LogP contribution in [0.2, 0.25) is 0 Å². The van der Waals surface area contributed by atoms with Crippen LogP contribution in [-0.4, -0.2) is 37.4 Å². The van der Waals surface area contributed by atoms with Gasteiger partial charge < -0.3 is 20.6 Å². The number of hydrogen-bond acceptors (Lipinski definition) is 3. The molecule has 5 heteroatoms. The minimum Gasteiger partial charge on any atom is -0.396 e. The SMILES string of the molecule is CN1CCCc2cc(NC(=O)NC3CCC(CO)CC3)ccc21. The molecule has 5 nitrogen and oxygen atoms in total. The van der Waals surface area contributed by atoms with Crippen LogP contribution in [0.3, 0.4) is 0 Å². The Balaban J connectivity index is 1.54. The molecule has 23 heavy (non-hydrogen) atoms. The largest absolute Gasteiger partial charge is 0.396 e. The fourth-order valence-corrected chi connectivity index (χ4v) is 3.70. The molecule has 1 aliphatic heterocycles. The van der Waals surface area contributed by atoms with Crippen molar-refractivity contribution in [1.82, 2.24) is 5.32 Å². The molecule has 1 fully saturated rings. The van der Waals surface area contributed by atoms with Gasteiger partial charge in [-0.15, -0.1) is 0 Å². The first kappa shape index (κ1) is 16.1. The predicted molar refractivity (Wildman–Crippen MR) is 93.0 cm³/mol. The highest BCUT2D eigenvalue weighted by atomic mass is 16.3. The molecule has 1 aliphatic carbocycles. The highest BCUT2D eigenvalue weighted by Crippen LogP contribution is 2.28. The number of aliphatic hydroxyl groups excluding tert-OH is 1. The summed E-state index contributed by atoms with van der Waals surface area (Å²) < 4.78 is 0. The molecule has 2 aliphatic rings. The van der Waals surface area contributed by atoms with Crippen LogP contribution < -0.4 is 15.5 Å². The third-order valence-corrected chi connectivity index (χ3v) is 5.13. The number of nitrogens with one attached hydrogen (secondary N) is 2. The number of carbonyl (C=O) groups is 1. The Morgan fingerprint density at radius 3 is 2.83 bits per heavy atom. The fourth-order valence-electron chi connectivity index (χ4n) is 3.70. The fraction of sp³-hybridized carbons (Fsp3) is 0.611. The molecule has 0 radical (unpaired) electrons. The Labute approximate surface area is 138 Å². The van der Waals surface area contributed by atoms with Crippen LogP contribution in [0.4, 0.5) is 16.2 Å². The van der Waals surface area contributed by atoms with Crippen molar-refractivity contribution in [3.8, 4) is 0 Å². The van der Waals surface area contributed by atoms with Crippen molar-refractivity contribution in [2.24, 2.45) is 5.92 Å². The Morgan fingerprint density at radius 2 is 2.09 bits per heavy atom. The Morgan fingerprint density at radius 1 is 1.30 bits per heavy atom. The second kappa shape index (κ2) is 7.21. The smallest absolute Gasteiger partial charge is 0.319 e. The van der Waals surface area contributed by atoms with Gasteiger partial charge in [0, 0.05) is 37.6 Å². The van der Waals surface area contributed by atoms with Gasteiger partial charge in [-0.25, -0.2) is 4.79 Å². The summed E-state index contributed by atoms with van der Waals surface area (Å²) in [5, 5.41) is 15.2. The van der Waals surface area contributed by atoms with Crippen molar-refractivity contribution in [3.05, 3.63) is 23.8 Å². The van der Waals surface area contributed by atoms with Crippen molar-refractivity contribution in [3.63, 3.8) is 0 Å². The molecule has 0 spiro atoms. The molecule has 1 aromatic carbocycles. The van der Waals surface area contributed by atoms with Gasteiger partial charge in [0.2, 0.25) is 0 Å². The Bertz CT molecular complexity index is 553. The maximum absolute atomic E-state index is 12.2. The quantitative estimate of drug-likeness (QED) is 0.803. The number of urea groups is 1. The maximum atomic E-state index is 12.2. The number of fused-ring (bicyclic) bond motifs is 1. The van der Waals surface area contributed by atoms with E-state index in [1.807, 2.05) is 6.07 Å². The number of carbonyl (C=O) groups excluding carboxylic acids is 1. The first-order valence-electron chi connectivity index (χ1n) is 8.68. The third kappa shape index (κ3) is 3.96. The van der Waals surface area contributed by atoms with Crippen molar-refractivity contribution in [2.75, 3.05) is 30.4 Å². The third-order valence-electron chi connectivity index (χ3n) is 5.13. The molecule has 1 saturated carbocycles. The molecule has 126 valence electrons. The normalized spacial score (nSPS) is 24.0. The first-order chi connectivity index (χ1) is 11.2. The summed E-state index contributed by atoms with van der Waals surface area (Å²) in [6, 6.07) is 6.26. The first-order valence-corrected chi connectivity index (χ1v) is 8.68. The van der Waals surface area contributed by atoms with E-state index in [1.165, 1.54) is 11.3 Å². The molecule has 2 amide bonds. The van der Waals surface area contributed by atoms with E-state index in [2.05, 4.69) is 34.7 Å². The number of nitrogens with zero attached hydrogens (tertiary/aromatic N) is 1. The molecule has 0 unspecified atom stereocenters. The van der Waals surface area contributed by atoms with E-state index >= 15 is 0 Å². The lowest BCUT2D eigenvalue weighted by atomic mass is 9.87. The van der Waals surface area contributed by atoms with Gasteiger partial charge >= 0.3 is 6.03 Å². The minimum absolute atomic E-state index is 0.124. The summed E-state index contributed by atoms with van der Waals surface area (Å²) in [5.74, 6) is 0.411. The van der Waals surface area contributed by atoms with Crippen molar-refractivity contribution in [2.45, 2.75) is 44.6 Å². The number of amides is 2. The van der Waals surface area contributed by atoms with Crippen LogP contribution >= 0.6 is 0 Å².